The second kappa shape index (κ2) is 9.64. The summed E-state index contributed by atoms with van der Waals surface area (Å²) in [5.41, 5.74) is -0.746. The fourth-order valence-corrected chi connectivity index (χ4v) is 3.05. The highest BCUT2D eigenvalue weighted by Crippen LogP contribution is 2.44. The van der Waals surface area contributed by atoms with E-state index in [1.165, 1.54) is 6.20 Å². The van der Waals surface area contributed by atoms with E-state index in [0.29, 0.717) is 18.1 Å². The smallest absolute Gasteiger partial charge is 0.408 e. The zero-order valence-electron chi connectivity index (χ0n) is 20.7. The van der Waals surface area contributed by atoms with Crippen molar-refractivity contribution in [2.75, 3.05) is 6.61 Å². The van der Waals surface area contributed by atoms with Crippen molar-refractivity contribution in [3.63, 3.8) is 0 Å². The second-order valence-corrected chi connectivity index (χ2v) is 9.99. The van der Waals surface area contributed by atoms with Crippen molar-refractivity contribution in [1.29, 1.82) is 0 Å². The van der Waals surface area contributed by atoms with Gasteiger partial charge in [0, 0.05) is 16.7 Å². The van der Waals surface area contributed by atoms with E-state index >= 15 is 0 Å². The molecule has 1 aliphatic rings. The zero-order valence-corrected chi connectivity index (χ0v) is 20.7. The van der Waals surface area contributed by atoms with E-state index < -0.39 is 23.1 Å². The summed E-state index contributed by atoms with van der Waals surface area (Å²) in [5.74, 6) is 0.907. The van der Waals surface area contributed by atoms with Crippen LogP contribution in [0.1, 0.15) is 61.0 Å². The first-order valence-corrected chi connectivity index (χ1v) is 10.6. The van der Waals surface area contributed by atoms with Gasteiger partial charge in [0.25, 0.3) is 0 Å². The molecule has 1 aliphatic heterocycles. The van der Waals surface area contributed by atoms with Crippen LogP contribution >= 0.6 is 0 Å². The van der Waals surface area contributed by atoms with Crippen molar-refractivity contribution in [1.82, 2.24) is 10.6 Å². The summed E-state index contributed by atoms with van der Waals surface area (Å²) in [4.78, 5) is 32.7. The quantitative estimate of drug-likeness (QED) is 0.510. The summed E-state index contributed by atoms with van der Waals surface area (Å²) in [7, 11) is 0. The molecule has 0 aliphatic carbocycles. The Morgan fingerprint density at radius 2 is 1.88 bits per heavy atom. The fraction of sp³-hybridized carbons (Fsp3) is 0.500. The number of aliphatic imine (C=N–C) groups is 2. The van der Waals surface area contributed by atoms with Gasteiger partial charge in [0.1, 0.15) is 22.6 Å². The largest absolute Gasteiger partial charge is 0.492 e. The van der Waals surface area contributed by atoms with Crippen molar-refractivity contribution in [3.05, 3.63) is 35.7 Å². The standard InChI is InChI=1S/C24H34N4O5/c1-15(27-19(29)24(7,8)28-21(30)33-22(2,3)4)13-26-20(25-9)32-17-12-10-11-16-18(17)23(5,6)14-31-16/h10-13H,9,14H2,1-8H3,(H,27,29)(H,28,30)/b15-13+,26-20?. The molecule has 2 rings (SSSR count). The molecule has 0 spiro atoms. The summed E-state index contributed by atoms with van der Waals surface area (Å²) in [6.07, 6.45) is 0.715. The first-order valence-electron chi connectivity index (χ1n) is 10.6. The average molecular weight is 459 g/mol. The highest BCUT2D eigenvalue weighted by molar-refractivity contribution is 5.90. The van der Waals surface area contributed by atoms with Crippen molar-refractivity contribution in [3.8, 4) is 11.5 Å². The average Bonchev–Trinajstić information content (AvgIpc) is 2.98. The lowest BCUT2D eigenvalue weighted by Crippen LogP contribution is -2.55. The van der Waals surface area contributed by atoms with E-state index in [1.54, 1.807) is 41.5 Å². The maximum absolute atomic E-state index is 12.6. The number of rotatable bonds is 5. The maximum atomic E-state index is 12.6. The van der Waals surface area contributed by atoms with Gasteiger partial charge in [-0.2, -0.15) is 0 Å². The number of ether oxygens (including phenoxy) is 3. The normalized spacial score (nSPS) is 15.8. The van der Waals surface area contributed by atoms with Crippen LogP contribution in [0.3, 0.4) is 0 Å². The summed E-state index contributed by atoms with van der Waals surface area (Å²) in [6.45, 7) is 18.2. The predicted octanol–water partition coefficient (Wildman–Crippen LogP) is 4.07. The molecule has 0 unspecified atom stereocenters. The minimum atomic E-state index is -1.21. The van der Waals surface area contributed by atoms with E-state index in [2.05, 4.69) is 41.2 Å². The molecular formula is C24H34N4O5. The van der Waals surface area contributed by atoms with E-state index in [-0.39, 0.29) is 11.4 Å². The van der Waals surface area contributed by atoms with Crippen LogP contribution in [0, 0.1) is 0 Å². The number of amidine groups is 1. The molecule has 0 saturated carbocycles. The van der Waals surface area contributed by atoms with Crippen molar-refractivity contribution in [2.45, 2.75) is 71.9 Å². The SMILES string of the molecule is C=NC(=N/C=C(\C)NC(=O)C(C)(C)NC(=O)OC(C)(C)C)Oc1cccc2c1C(C)(C)CO2. The van der Waals surface area contributed by atoms with Crippen LogP contribution in [0.15, 0.2) is 40.1 Å². The lowest BCUT2D eigenvalue weighted by molar-refractivity contribution is -0.125. The van der Waals surface area contributed by atoms with Crippen LogP contribution in [0.4, 0.5) is 4.79 Å². The number of allylic oxidation sites excluding steroid dienone is 1. The van der Waals surface area contributed by atoms with Crippen molar-refractivity contribution in [2.24, 2.45) is 9.98 Å². The predicted molar refractivity (Wildman–Crippen MR) is 128 cm³/mol. The summed E-state index contributed by atoms with van der Waals surface area (Å²) < 4.78 is 16.8. The van der Waals surface area contributed by atoms with Gasteiger partial charge < -0.3 is 24.8 Å². The molecule has 0 atom stereocenters. The first-order chi connectivity index (χ1) is 15.1. The maximum Gasteiger partial charge on any atom is 0.408 e. The van der Waals surface area contributed by atoms with Crippen molar-refractivity contribution >= 4 is 24.7 Å². The molecule has 9 nitrogen and oxygen atoms in total. The number of fused-ring (bicyclic) bond motifs is 1. The van der Waals surface area contributed by atoms with Crippen LogP contribution in [0.25, 0.3) is 0 Å². The van der Waals surface area contributed by atoms with Gasteiger partial charge in [-0.1, -0.05) is 19.9 Å². The third kappa shape index (κ3) is 7.06. The number of nitrogens with one attached hydrogen (secondary N) is 2. The van der Waals surface area contributed by atoms with Gasteiger partial charge in [0.05, 0.1) is 12.8 Å². The molecule has 0 radical (unpaired) electrons. The molecular weight excluding hydrogens is 424 g/mol. The van der Waals surface area contributed by atoms with Gasteiger partial charge in [0.15, 0.2) is 0 Å². The second-order valence-electron chi connectivity index (χ2n) is 9.99. The fourth-order valence-electron chi connectivity index (χ4n) is 3.05. The minimum Gasteiger partial charge on any atom is -0.492 e. The Hall–Kier alpha value is -3.36. The van der Waals surface area contributed by atoms with Crippen LogP contribution in [-0.2, 0) is 14.9 Å². The minimum absolute atomic E-state index is 0.0193. The monoisotopic (exact) mass is 458 g/mol. The topological polar surface area (TPSA) is 111 Å². The molecule has 2 amide bonds. The number of hydrogen-bond donors (Lipinski definition) is 2. The molecule has 1 aromatic rings. The van der Waals surface area contributed by atoms with Crippen LogP contribution < -0.4 is 20.1 Å². The van der Waals surface area contributed by atoms with Gasteiger partial charge in [-0.05, 0) is 60.4 Å². The number of amides is 2. The first kappa shape index (κ1) is 25.9. The number of benzene rings is 1. The number of carbonyl (C=O) groups is 2. The van der Waals surface area contributed by atoms with E-state index in [9.17, 15) is 9.59 Å². The van der Waals surface area contributed by atoms with Crippen molar-refractivity contribution < 1.29 is 23.8 Å². The number of nitrogens with zero attached hydrogens (tertiary/aromatic N) is 2. The molecule has 180 valence electrons. The summed E-state index contributed by atoms with van der Waals surface area (Å²) in [5, 5.41) is 5.25. The highest BCUT2D eigenvalue weighted by Gasteiger charge is 2.35. The third-order valence-electron chi connectivity index (χ3n) is 4.65. The van der Waals surface area contributed by atoms with Crippen LogP contribution in [0.2, 0.25) is 0 Å². The molecule has 33 heavy (non-hydrogen) atoms. The van der Waals surface area contributed by atoms with Gasteiger partial charge in [-0.15, -0.1) is 0 Å². The summed E-state index contributed by atoms with van der Waals surface area (Å²) in [6, 6.07) is 5.56. The Morgan fingerprint density at radius 3 is 2.48 bits per heavy atom. The number of alkyl carbamates (subject to hydrolysis) is 1. The van der Waals surface area contributed by atoms with Crippen LogP contribution in [0.5, 0.6) is 11.5 Å². The Kier molecular flexibility index (Phi) is 7.57. The van der Waals surface area contributed by atoms with Gasteiger partial charge in [-0.3, -0.25) is 4.79 Å². The van der Waals surface area contributed by atoms with E-state index in [1.807, 2.05) is 18.2 Å². The number of carbonyl (C=O) groups excluding carboxylic acids is 2. The molecule has 0 aromatic heterocycles. The van der Waals surface area contributed by atoms with Crippen LogP contribution in [-0.4, -0.2) is 42.5 Å². The molecule has 2 N–H and O–H groups in total. The Balaban J connectivity index is 2.09. The third-order valence-corrected chi connectivity index (χ3v) is 4.65. The van der Waals surface area contributed by atoms with E-state index in [4.69, 9.17) is 14.2 Å². The lowest BCUT2D eigenvalue weighted by Gasteiger charge is -2.27. The van der Waals surface area contributed by atoms with Gasteiger partial charge in [0.2, 0.25) is 5.91 Å². The molecule has 0 bridgehead atoms. The van der Waals surface area contributed by atoms with E-state index in [0.717, 1.165) is 11.3 Å². The Morgan fingerprint density at radius 1 is 1.21 bits per heavy atom. The molecule has 0 saturated heterocycles. The molecule has 1 aromatic carbocycles. The molecule has 9 heteroatoms. The number of hydrogen-bond acceptors (Lipinski definition) is 6. The summed E-state index contributed by atoms with van der Waals surface area (Å²) >= 11 is 0. The van der Waals surface area contributed by atoms with Gasteiger partial charge >= 0.3 is 12.1 Å². The molecule has 0 fully saturated rings. The Labute approximate surface area is 195 Å². The van der Waals surface area contributed by atoms with Gasteiger partial charge in [-0.25, -0.2) is 14.8 Å². The highest BCUT2D eigenvalue weighted by atomic mass is 16.6. The lowest BCUT2D eigenvalue weighted by atomic mass is 9.86. The molecule has 1 heterocycles. The zero-order chi connectivity index (χ0) is 25.0. The Bertz CT molecular complexity index is 987.